The Labute approximate surface area is 209 Å². The van der Waals surface area contributed by atoms with Crippen LogP contribution in [0.1, 0.15) is 156 Å². The molecule has 0 unspecified atom stereocenters. The van der Waals surface area contributed by atoms with Crippen molar-refractivity contribution in [3.63, 3.8) is 0 Å². The van der Waals surface area contributed by atoms with Gasteiger partial charge in [0.2, 0.25) is 0 Å². The molecule has 0 heterocycles. The first-order valence-corrected chi connectivity index (χ1v) is 15.0. The molecule has 0 aromatic rings. The van der Waals surface area contributed by atoms with Gasteiger partial charge in [-0.15, -0.1) is 0 Å². The van der Waals surface area contributed by atoms with Gasteiger partial charge in [-0.3, -0.25) is 0 Å². The Kier molecular flexibility index (Phi) is 30.6. The van der Waals surface area contributed by atoms with Crippen LogP contribution in [0.2, 0.25) is 0 Å². The van der Waals surface area contributed by atoms with Gasteiger partial charge in [0.1, 0.15) is 5.40 Å². The van der Waals surface area contributed by atoms with Crippen LogP contribution < -0.4 is 0 Å². The highest BCUT2D eigenvalue weighted by Gasteiger charge is 2.25. The number of nitrogens with zero attached hydrogens (tertiary/aromatic N) is 2. The van der Waals surface area contributed by atoms with Crippen molar-refractivity contribution < 1.29 is 4.48 Å². The second-order valence-electron chi connectivity index (χ2n) is 9.99. The second-order valence-corrected chi connectivity index (χ2v) is 10.2. The number of nitriles is 1. The first kappa shape index (κ1) is 34.0. The maximum Gasteiger partial charge on any atom is 0.130 e. The van der Waals surface area contributed by atoms with Crippen LogP contribution in [0.5, 0.6) is 0 Å². The van der Waals surface area contributed by atoms with Gasteiger partial charge in [0.15, 0.2) is 0 Å². The molecule has 0 aromatic carbocycles. The number of hydrogen-bond donors (Lipinski definition) is 1. The van der Waals surface area contributed by atoms with E-state index >= 15 is 0 Å². The van der Waals surface area contributed by atoms with Gasteiger partial charge >= 0.3 is 0 Å². The van der Waals surface area contributed by atoms with E-state index in [1.807, 2.05) is 0 Å². The fourth-order valence-electron chi connectivity index (χ4n) is 4.87. The van der Waals surface area contributed by atoms with Crippen LogP contribution in [0.25, 0.3) is 0 Å². The lowest BCUT2D eigenvalue weighted by molar-refractivity contribution is -0.929. The Morgan fingerprint density at radius 2 is 0.625 bits per heavy atom. The lowest BCUT2D eigenvalue weighted by Gasteiger charge is -2.39. The standard InChI is InChI=1S/C28H60N.CHNS/c1-5-9-13-17-21-25-29(26-22-18-14-10-6-2,27-23-19-15-11-7-3)28-24-20-16-12-8-4;2-1-3/h5-28H2,1-4H3;3H/q+1;. The van der Waals surface area contributed by atoms with Gasteiger partial charge in [-0.2, -0.15) is 5.26 Å². The van der Waals surface area contributed by atoms with E-state index in [-0.39, 0.29) is 0 Å². The fourth-order valence-corrected chi connectivity index (χ4v) is 4.87. The van der Waals surface area contributed by atoms with Crippen molar-refractivity contribution in [3.8, 4) is 5.40 Å². The van der Waals surface area contributed by atoms with Crippen LogP contribution in [0.4, 0.5) is 0 Å². The smallest absolute Gasteiger partial charge is 0.130 e. The molecule has 0 amide bonds. The average Bonchev–Trinajstić information content (AvgIpc) is 2.79. The average molecular weight is 470 g/mol. The summed E-state index contributed by atoms with van der Waals surface area (Å²) in [4.78, 5) is 0. The van der Waals surface area contributed by atoms with Gasteiger partial charge in [0, 0.05) is 0 Å². The minimum atomic E-state index is 1.37. The maximum atomic E-state index is 7.18. The van der Waals surface area contributed by atoms with Gasteiger partial charge in [0.05, 0.1) is 26.2 Å². The summed E-state index contributed by atoms with van der Waals surface area (Å²) in [6.07, 6.45) is 28.8. The summed E-state index contributed by atoms with van der Waals surface area (Å²) >= 11 is 3.09. The zero-order valence-corrected chi connectivity index (χ0v) is 23.7. The third-order valence-electron chi connectivity index (χ3n) is 6.94. The van der Waals surface area contributed by atoms with Crippen LogP contribution in [0, 0.1) is 10.7 Å². The van der Waals surface area contributed by atoms with E-state index in [0.29, 0.717) is 0 Å². The first-order chi connectivity index (χ1) is 15.7. The predicted octanol–water partition coefficient (Wildman–Crippen LogP) is 10.1. The normalized spacial score (nSPS) is 11.1. The number of thiol groups is 1. The molecule has 0 fully saturated rings. The summed E-state index contributed by atoms with van der Waals surface area (Å²) < 4.78 is 1.47. The number of unbranched alkanes of at least 4 members (excludes halogenated alkanes) is 16. The second kappa shape index (κ2) is 28.8. The molecule has 0 saturated heterocycles. The van der Waals surface area contributed by atoms with Crippen molar-refractivity contribution in [1.29, 1.82) is 5.26 Å². The molecule has 3 heteroatoms. The molecule has 192 valence electrons. The van der Waals surface area contributed by atoms with E-state index in [9.17, 15) is 0 Å². The molecular weight excluding hydrogens is 408 g/mol. The number of thiocyanates is 1. The van der Waals surface area contributed by atoms with E-state index in [2.05, 4.69) is 40.3 Å². The Balaban J connectivity index is 0. The number of quaternary nitrogens is 1. The largest absolute Gasteiger partial charge is 0.324 e. The van der Waals surface area contributed by atoms with Gasteiger partial charge in [-0.1, -0.05) is 117 Å². The van der Waals surface area contributed by atoms with E-state index in [0.717, 1.165) is 0 Å². The minimum Gasteiger partial charge on any atom is -0.324 e. The summed E-state index contributed by atoms with van der Waals surface area (Å²) in [6, 6.07) is 0. The van der Waals surface area contributed by atoms with Gasteiger partial charge < -0.3 is 4.48 Å². The highest BCUT2D eigenvalue weighted by molar-refractivity contribution is 7.85. The van der Waals surface area contributed by atoms with Crippen molar-refractivity contribution in [2.75, 3.05) is 26.2 Å². The Morgan fingerprint density at radius 3 is 0.812 bits per heavy atom. The van der Waals surface area contributed by atoms with Crippen molar-refractivity contribution in [3.05, 3.63) is 0 Å². The monoisotopic (exact) mass is 469 g/mol. The summed E-state index contributed by atoms with van der Waals surface area (Å²) in [6.45, 7) is 15.2. The minimum absolute atomic E-state index is 1.37. The Bertz CT molecular complexity index is 316. The molecule has 2 nitrogen and oxygen atoms in total. The lowest BCUT2D eigenvalue weighted by atomic mass is 10.1. The summed E-state index contributed by atoms with van der Waals surface area (Å²) in [7, 11) is 0. The van der Waals surface area contributed by atoms with E-state index in [4.69, 9.17) is 5.26 Å². The van der Waals surface area contributed by atoms with Crippen LogP contribution in [-0.2, 0) is 0 Å². The molecule has 0 aromatic heterocycles. The maximum absolute atomic E-state index is 7.18. The van der Waals surface area contributed by atoms with Gasteiger partial charge in [-0.05, 0) is 51.4 Å². The molecule has 0 atom stereocenters. The first-order valence-electron chi connectivity index (χ1n) is 14.5. The Hall–Kier alpha value is -0.200. The van der Waals surface area contributed by atoms with E-state index < -0.39 is 0 Å². The molecule has 0 aliphatic carbocycles. The predicted molar refractivity (Wildman–Crippen MR) is 149 cm³/mol. The van der Waals surface area contributed by atoms with Crippen molar-refractivity contribution in [1.82, 2.24) is 0 Å². The molecule has 0 N–H and O–H groups in total. The van der Waals surface area contributed by atoms with Crippen LogP contribution in [0.3, 0.4) is 0 Å². The van der Waals surface area contributed by atoms with Gasteiger partial charge in [-0.25, -0.2) is 0 Å². The highest BCUT2D eigenvalue weighted by atomic mass is 32.1. The molecule has 0 saturated carbocycles. The van der Waals surface area contributed by atoms with Crippen LogP contribution in [-0.4, -0.2) is 30.7 Å². The third kappa shape index (κ3) is 24.4. The molecule has 0 spiro atoms. The summed E-state index contributed by atoms with van der Waals surface area (Å²) in [5.41, 5.74) is 0. The topological polar surface area (TPSA) is 23.8 Å². The molecule has 0 radical (unpaired) electrons. The van der Waals surface area contributed by atoms with Crippen molar-refractivity contribution >= 4 is 12.6 Å². The molecule has 0 aliphatic rings. The SMILES string of the molecule is CCCCCCC[N+](CCCCCCC)(CCCCCCC)CCCCCCC.N#CS. The highest BCUT2D eigenvalue weighted by Crippen LogP contribution is 2.20. The third-order valence-corrected chi connectivity index (χ3v) is 6.94. The molecule has 0 rings (SSSR count). The lowest BCUT2D eigenvalue weighted by Crippen LogP contribution is -2.50. The zero-order valence-electron chi connectivity index (χ0n) is 22.8. The quantitative estimate of drug-likeness (QED) is 0.0646. The molecular formula is C29H61N2S+. The summed E-state index contributed by atoms with van der Waals surface area (Å²) in [5.74, 6) is 0. The van der Waals surface area contributed by atoms with Crippen LogP contribution >= 0.6 is 12.6 Å². The van der Waals surface area contributed by atoms with E-state index in [1.165, 1.54) is 164 Å². The number of hydrogen-bond acceptors (Lipinski definition) is 2. The number of rotatable bonds is 24. The van der Waals surface area contributed by atoms with Gasteiger partial charge in [0.25, 0.3) is 0 Å². The molecule has 32 heavy (non-hydrogen) atoms. The van der Waals surface area contributed by atoms with E-state index in [1.54, 1.807) is 0 Å². The summed E-state index contributed by atoms with van der Waals surface area (Å²) in [5, 5.41) is 8.63. The zero-order chi connectivity index (χ0) is 24.2. The molecule has 0 bridgehead atoms. The molecule has 0 aliphatic heterocycles. The fraction of sp³-hybridized carbons (Fsp3) is 0.966. The van der Waals surface area contributed by atoms with Crippen molar-refractivity contribution in [2.45, 2.75) is 156 Å². The van der Waals surface area contributed by atoms with Crippen molar-refractivity contribution in [2.24, 2.45) is 0 Å². The Morgan fingerprint density at radius 1 is 0.438 bits per heavy atom. The van der Waals surface area contributed by atoms with Crippen LogP contribution in [0.15, 0.2) is 0 Å².